The van der Waals surface area contributed by atoms with Crippen LogP contribution in [-0.2, 0) is 11.3 Å². The third-order valence-electron chi connectivity index (χ3n) is 4.20. The molecule has 7 heteroatoms. The molecule has 0 bridgehead atoms. The number of carbonyl (C=O) groups is 1. The first kappa shape index (κ1) is 16.5. The van der Waals surface area contributed by atoms with Crippen LogP contribution in [0.1, 0.15) is 5.56 Å². The van der Waals surface area contributed by atoms with Gasteiger partial charge in [-0.05, 0) is 12.1 Å². The summed E-state index contributed by atoms with van der Waals surface area (Å²) >= 11 is 0. The molecule has 1 aliphatic rings. The van der Waals surface area contributed by atoms with E-state index in [2.05, 4.69) is 10.00 Å². The standard InChI is InChI=1S/C17H22N4O3/c1-24-16-5-3-2-4-15(16)21-12-14(10-18-21)11-19-6-8-20(9-7-19)13-17(22)23/h2-5,10,12H,6-9,11,13H2,1H3,(H,22,23). The number of carboxylic acid groups (broad SMARTS) is 1. The van der Waals surface area contributed by atoms with Gasteiger partial charge in [0.05, 0.1) is 19.9 Å². The Bertz CT molecular complexity index is 693. The van der Waals surface area contributed by atoms with Crippen LogP contribution in [0.4, 0.5) is 0 Å². The molecular weight excluding hydrogens is 308 g/mol. The molecular formula is C17H22N4O3. The number of aliphatic carboxylic acids is 1. The van der Waals surface area contributed by atoms with E-state index in [0.717, 1.165) is 49.7 Å². The van der Waals surface area contributed by atoms with Gasteiger partial charge in [-0.2, -0.15) is 5.10 Å². The highest BCUT2D eigenvalue weighted by Gasteiger charge is 2.19. The SMILES string of the molecule is COc1ccccc1-n1cc(CN2CCN(CC(=O)O)CC2)cn1. The van der Waals surface area contributed by atoms with E-state index in [0.29, 0.717) is 0 Å². The van der Waals surface area contributed by atoms with Gasteiger partial charge in [-0.15, -0.1) is 0 Å². The van der Waals surface area contributed by atoms with E-state index < -0.39 is 5.97 Å². The first-order valence-corrected chi connectivity index (χ1v) is 7.99. The number of ether oxygens (including phenoxy) is 1. The summed E-state index contributed by atoms with van der Waals surface area (Å²) in [5.41, 5.74) is 2.05. The van der Waals surface area contributed by atoms with Crippen molar-refractivity contribution in [1.82, 2.24) is 19.6 Å². The molecule has 3 rings (SSSR count). The van der Waals surface area contributed by atoms with Crippen molar-refractivity contribution >= 4 is 5.97 Å². The van der Waals surface area contributed by atoms with Gasteiger partial charge < -0.3 is 9.84 Å². The Morgan fingerprint density at radius 1 is 1.21 bits per heavy atom. The number of piperazine rings is 1. The fraction of sp³-hybridized carbons (Fsp3) is 0.412. The van der Waals surface area contributed by atoms with E-state index in [4.69, 9.17) is 9.84 Å². The maximum absolute atomic E-state index is 10.8. The summed E-state index contributed by atoms with van der Waals surface area (Å²) in [4.78, 5) is 15.0. The summed E-state index contributed by atoms with van der Waals surface area (Å²) in [5.74, 6) is 0.0240. The summed E-state index contributed by atoms with van der Waals surface area (Å²) in [6.07, 6.45) is 3.89. The Labute approximate surface area is 141 Å². The Morgan fingerprint density at radius 3 is 2.62 bits per heavy atom. The van der Waals surface area contributed by atoms with Crippen molar-refractivity contribution in [3.63, 3.8) is 0 Å². The smallest absolute Gasteiger partial charge is 0.317 e. The molecule has 1 aromatic heterocycles. The van der Waals surface area contributed by atoms with Gasteiger partial charge in [-0.25, -0.2) is 4.68 Å². The van der Waals surface area contributed by atoms with E-state index in [1.165, 1.54) is 0 Å². The van der Waals surface area contributed by atoms with E-state index in [-0.39, 0.29) is 6.54 Å². The second kappa shape index (κ2) is 7.46. The van der Waals surface area contributed by atoms with Crippen molar-refractivity contribution in [3.05, 3.63) is 42.2 Å². The lowest BCUT2D eigenvalue weighted by Crippen LogP contribution is -2.47. The number of benzene rings is 1. The average Bonchev–Trinajstić information content (AvgIpc) is 3.04. The number of aromatic nitrogens is 2. The molecule has 0 amide bonds. The molecule has 1 saturated heterocycles. The lowest BCUT2D eigenvalue weighted by molar-refractivity contribution is -0.138. The largest absolute Gasteiger partial charge is 0.494 e. The quantitative estimate of drug-likeness (QED) is 0.855. The normalized spacial score (nSPS) is 16.2. The summed E-state index contributed by atoms with van der Waals surface area (Å²) in [6.45, 7) is 4.25. The third kappa shape index (κ3) is 3.93. The van der Waals surface area contributed by atoms with Crippen LogP contribution in [0.2, 0.25) is 0 Å². The Kier molecular flexibility index (Phi) is 5.12. The molecule has 0 saturated carbocycles. The van der Waals surface area contributed by atoms with Crippen LogP contribution in [0, 0.1) is 0 Å². The van der Waals surface area contributed by atoms with Crippen LogP contribution in [0.15, 0.2) is 36.7 Å². The Hall–Kier alpha value is -2.38. The average molecular weight is 330 g/mol. The number of hydrogen-bond acceptors (Lipinski definition) is 5. The molecule has 0 atom stereocenters. The molecule has 0 radical (unpaired) electrons. The minimum atomic E-state index is -0.762. The molecule has 1 fully saturated rings. The van der Waals surface area contributed by atoms with E-state index in [1.54, 1.807) is 7.11 Å². The number of hydrogen-bond donors (Lipinski definition) is 1. The first-order valence-electron chi connectivity index (χ1n) is 7.99. The molecule has 0 unspecified atom stereocenters. The van der Waals surface area contributed by atoms with Crippen molar-refractivity contribution in [2.24, 2.45) is 0 Å². The minimum Gasteiger partial charge on any atom is -0.494 e. The predicted molar refractivity (Wildman–Crippen MR) is 89.5 cm³/mol. The second-order valence-electron chi connectivity index (χ2n) is 5.91. The zero-order chi connectivity index (χ0) is 16.9. The lowest BCUT2D eigenvalue weighted by Gasteiger charge is -2.33. The van der Waals surface area contributed by atoms with Gasteiger partial charge in [-0.3, -0.25) is 14.6 Å². The van der Waals surface area contributed by atoms with Crippen LogP contribution in [0.5, 0.6) is 5.75 Å². The summed E-state index contributed by atoms with van der Waals surface area (Å²) in [5, 5.41) is 13.3. The van der Waals surface area contributed by atoms with Gasteiger partial charge in [0.15, 0.2) is 0 Å². The molecule has 0 spiro atoms. The van der Waals surface area contributed by atoms with Crippen molar-refractivity contribution in [2.45, 2.75) is 6.54 Å². The molecule has 1 N–H and O–H groups in total. The maximum atomic E-state index is 10.8. The molecule has 1 aliphatic heterocycles. The van der Waals surface area contributed by atoms with Crippen molar-refractivity contribution in [3.8, 4) is 11.4 Å². The lowest BCUT2D eigenvalue weighted by atomic mass is 10.2. The fourth-order valence-electron chi connectivity index (χ4n) is 2.95. The maximum Gasteiger partial charge on any atom is 0.317 e. The first-order chi connectivity index (χ1) is 11.7. The van der Waals surface area contributed by atoms with Crippen molar-refractivity contribution in [1.29, 1.82) is 0 Å². The van der Waals surface area contributed by atoms with E-state index >= 15 is 0 Å². The van der Waals surface area contributed by atoms with Crippen LogP contribution in [0.25, 0.3) is 5.69 Å². The zero-order valence-corrected chi connectivity index (χ0v) is 13.8. The van der Waals surface area contributed by atoms with E-state index in [1.807, 2.05) is 46.2 Å². The highest BCUT2D eigenvalue weighted by atomic mass is 16.5. The number of rotatable bonds is 6. The topological polar surface area (TPSA) is 70.8 Å². The van der Waals surface area contributed by atoms with Crippen molar-refractivity contribution < 1.29 is 14.6 Å². The number of methoxy groups -OCH3 is 1. The summed E-state index contributed by atoms with van der Waals surface area (Å²) in [6, 6.07) is 7.78. The molecule has 7 nitrogen and oxygen atoms in total. The highest BCUT2D eigenvalue weighted by Crippen LogP contribution is 2.21. The van der Waals surface area contributed by atoms with Gasteiger partial charge in [0.2, 0.25) is 0 Å². The molecule has 2 aromatic rings. The van der Waals surface area contributed by atoms with Crippen LogP contribution < -0.4 is 4.74 Å². The van der Waals surface area contributed by atoms with E-state index in [9.17, 15) is 4.79 Å². The van der Waals surface area contributed by atoms with Gasteiger partial charge in [0, 0.05) is 44.5 Å². The Morgan fingerprint density at radius 2 is 1.92 bits per heavy atom. The monoisotopic (exact) mass is 330 g/mol. The second-order valence-corrected chi connectivity index (χ2v) is 5.91. The molecule has 2 heterocycles. The third-order valence-corrected chi connectivity index (χ3v) is 4.20. The van der Waals surface area contributed by atoms with Crippen LogP contribution in [0.3, 0.4) is 0 Å². The molecule has 0 aliphatic carbocycles. The highest BCUT2D eigenvalue weighted by molar-refractivity contribution is 5.69. The minimum absolute atomic E-state index is 0.125. The van der Waals surface area contributed by atoms with Gasteiger partial charge in [0.1, 0.15) is 11.4 Å². The van der Waals surface area contributed by atoms with Crippen molar-refractivity contribution in [2.75, 3.05) is 39.8 Å². The summed E-state index contributed by atoms with van der Waals surface area (Å²) < 4.78 is 7.21. The molecule has 24 heavy (non-hydrogen) atoms. The van der Waals surface area contributed by atoms with Gasteiger partial charge in [-0.1, -0.05) is 12.1 Å². The number of nitrogens with zero attached hydrogens (tertiary/aromatic N) is 4. The Balaban J connectivity index is 1.60. The fourth-order valence-corrected chi connectivity index (χ4v) is 2.95. The predicted octanol–water partition coefficient (Wildman–Crippen LogP) is 1.08. The molecule has 1 aromatic carbocycles. The van der Waals surface area contributed by atoms with Gasteiger partial charge >= 0.3 is 5.97 Å². The number of para-hydroxylation sites is 2. The zero-order valence-electron chi connectivity index (χ0n) is 13.8. The van der Waals surface area contributed by atoms with Gasteiger partial charge in [0.25, 0.3) is 0 Å². The van der Waals surface area contributed by atoms with Crippen LogP contribution in [-0.4, -0.2) is 70.5 Å². The summed E-state index contributed by atoms with van der Waals surface area (Å²) in [7, 11) is 1.65. The van der Waals surface area contributed by atoms with Crippen LogP contribution >= 0.6 is 0 Å². The number of carboxylic acids is 1. The molecule has 128 valence electrons.